The van der Waals surface area contributed by atoms with E-state index < -0.39 is 23.8 Å². The van der Waals surface area contributed by atoms with Crippen LogP contribution in [-0.4, -0.2) is 37.5 Å². The van der Waals surface area contributed by atoms with Crippen LogP contribution in [0.3, 0.4) is 0 Å². The predicted molar refractivity (Wildman–Crippen MR) is 149 cm³/mol. The van der Waals surface area contributed by atoms with Crippen LogP contribution in [0, 0.1) is 6.92 Å². The quantitative estimate of drug-likeness (QED) is 0.272. The zero-order valence-corrected chi connectivity index (χ0v) is 22.8. The SMILES string of the molecule is COc1cc(/C=C2/C(=O)NC(=O)N(c3ccc(Cl)c(Cl)c3)C2=O)cc(Cl)c1OCC(=O)Nc1ccccc1C. The van der Waals surface area contributed by atoms with Crippen LogP contribution in [0.2, 0.25) is 15.1 Å². The highest BCUT2D eigenvalue weighted by Crippen LogP contribution is 2.37. The van der Waals surface area contributed by atoms with Crippen molar-refractivity contribution in [2.24, 2.45) is 0 Å². The number of nitrogens with one attached hydrogen (secondary N) is 2. The van der Waals surface area contributed by atoms with Gasteiger partial charge in [0.1, 0.15) is 5.57 Å². The molecule has 9 nitrogen and oxygen atoms in total. The van der Waals surface area contributed by atoms with Crippen LogP contribution in [0.4, 0.5) is 16.2 Å². The number of hydrogen-bond acceptors (Lipinski definition) is 6. The minimum Gasteiger partial charge on any atom is -0.493 e. The molecule has 200 valence electrons. The highest BCUT2D eigenvalue weighted by Gasteiger charge is 2.37. The largest absolute Gasteiger partial charge is 0.493 e. The Hall–Kier alpha value is -4.05. The fourth-order valence-electron chi connectivity index (χ4n) is 3.68. The number of barbiturate groups is 1. The summed E-state index contributed by atoms with van der Waals surface area (Å²) in [6.07, 6.45) is 1.25. The molecule has 1 heterocycles. The van der Waals surface area contributed by atoms with E-state index in [1.807, 2.05) is 19.1 Å². The Balaban J connectivity index is 1.57. The van der Waals surface area contributed by atoms with Gasteiger partial charge < -0.3 is 14.8 Å². The van der Waals surface area contributed by atoms with Gasteiger partial charge in [0.25, 0.3) is 17.7 Å². The van der Waals surface area contributed by atoms with Gasteiger partial charge in [0, 0.05) is 5.69 Å². The zero-order chi connectivity index (χ0) is 28.3. The molecular weight excluding hydrogens is 569 g/mol. The summed E-state index contributed by atoms with van der Waals surface area (Å²) in [4.78, 5) is 51.3. The van der Waals surface area contributed by atoms with Crippen LogP contribution in [-0.2, 0) is 14.4 Å². The van der Waals surface area contributed by atoms with Gasteiger partial charge in [-0.25, -0.2) is 9.69 Å². The minimum absolute atomic E-state index is 0.0611. The maximum Gasteiger partial charge on any atom is 0.335 e. The molecule has 0 aromatic heterocycles. The van der Waals surface area contributed by atoms with Crippen molar-refractivity contribution >= 4 is 76.0 Å². The molecule has 0 unspecified atom stereocenters. The van der Waals surface area contributed by atoms with Gasteiger partial charge in [0.05, 0.1) is 27.9 Å². The third-order valence-corrected chi connectivity index (χ3v) is 6.61. The molecule has 2 N–H and O–H groups in total. The fourth-order valence-corrected chi connectivity index (χ4v) is 4.25. The zero-order valence-electron chi connectivity index (χ0n) is 20.5. The standard InChI is InChI=1S/C27H20Cl3N3O6/c1-14-5-3-4-6-21(14)31-23(34)13-39-24-20(30)10-15(11-22(24)38-2)9-17-25(35)32-27(37)33(26(17)36)16-7-8-18(28)19(29)12-16/h3-12H,13H2,1-2H3,(H,31,34)(H,32,35,37)/b17-9-. The Bertz CT molecular complexity index is 1540. The van der Waals surface area contributed by atoms with Crippen molar-refractivity contribution in [3.05, 3.63) is 86.4 Å². The summed E-state index contributed by atoms with van der Waals surface area (Å²) in [5.74, 6) is -1.95. The first-order chi connectivity index (χ1) is 18.6. The summed E-state index contributed by atoms with van der Waals surface area (Å²) in [7, 11) is 1.37. The van der Waals surface area contributed by atoms with E-state index >= 15 is 0 Å². The van der Waals surface area contributed by atoms with Gasteiger partial charge in [-0.3, -0.25) is 19.7 Å². The van der Waals surface area contributed by atoms with E-state index in [4.69, 9.17) is 44.3 Å². The van der Waals surface area contributed by atoms with E-state index in [-0.39, 0.29) is 44.4 Å². The van der Waals surface area contributed by atoms with E-state index in [0.29, 0.717) is 11.3 Å². The number of anilines is 2. The highest BCUT2D eigenvalue weighted by atomic mass is 35.5. The number of amides is 5. The predicted octanol–water partition coefficient (Wildman–Crippen LogP) is 5.65. The van der Waals surface area contributed by atoms with Gasteiger partial charge in [0.15, 0.2) is 18.1 Å². The third kappa shape index (κ3) is 6.17. The number of nitrogens with zero attached hydrogens (tertiary/aromatic N) is 1. The molecule has 0 radical (unpaired) electrons. The normalized spacial score (nSPS) is 14.3. The lowest BCUT2D eigenvalue weighted by molar-refractivity contribution is -0.122. The fraction of sp³-hybridized carbons (Fsp3) is 0.111. The van der Waals surface area contributed by atoms with Gasteiger partial charge in [-0.2, -0.15) is 0 Å². The van der Waals surface area contributed by atoms with Gasteiger partial charge >= 0.3 is 6.03 Å². The number of urea groups is 1. The molecular formula is C27H20Cl3N3O6. The maximum atomic E-state index is 13.2. The topological polar surface area (TPSA) is 114 Å². The Labute approximate surface area is 238 Å². The van der Waals surface area contributed by atoms with Crippen molar-refractivity contribution < 1.29 is 28.7 Å². The molecule has 0 spiro atoms. The minimum atomic E-state index is -0.941. The highest BCUT2D eigenvalue weighted by molar-refractivity contribution is 6.43. The van der Waals surface area contributed by atoms with Crippen LogP contribution in [0.15, 0.2) is 60.2 Å². The van der Waals surface area contributed by atoms with Crippen molar-refractivity contribution in [3.63, 3.8) is 0 Å². The van der Waals surface area contributed by atoms with Crippen molar-refractivity contribution in [2.75, 3.05) is 23.9 Å². The monoisotopic (exact) mass is 587 g/mol. The molecule has 4 rings (SSSR count). The van der Waals surface area contributed by atoms with Crippen molar-refractivity contribution in [2.45, 2.75) is 6.92 Å². The first-order valence-corrected chi connectivity index (χ1v) is 12.4. The maximum absolute atomic E-state index is 13.2. The average Bonchev–Trinajstić information content (AvgIpc) is 2.89. The van der Waals surface area contributed by atoms with Gasteiger partial charge in [-0.15, -0.1) is 0 Å². The average molecular weight is 589 g/mol. The molecule has 0 atom stereocenters. The molecule has 3 aromatic rings. The second kappa shape index (κ2) is 11.8. The van der Waals surface area contributed by atoms with E-state index in [1.165, 1.54) is 43.5 Å². The van der Waals surface area contributed by atoms with Gasteiger partial charge in [-0.1, -0.05) is 53.0 Å². The van der Waals surface area contributed by atoms with E-state index in [2.05, 4.69) is 10.6 Å². The number of hydrogen-bond donors (Lipinski definition) is 2. The Morgan fingerprint density at radius 3 is 2.44 bits per heavy atom. The number of imide groups is 2. The van der Waals surface area contributed by atoms with Crippen LogP contribution in [0.5, 0.6) is 11.5 Å². The Morgan fingerprint density at radius 1 is 1.00 bits per heavy atom. The summed E-state index contributed by atoms with van der Waals surface area (Å²) >= 11 is 18.4. The number of rotatable bonds is 7. The molecule has 1 fully saturated rings. The van der Waals surface area contributed by atoms with Crippen molar-refractivity contribution in [1.82, 2.24) is 5.32 Å². The molecule has 39 heavy (non-hydrogen) atoms. The molecule has 0 bridgehead atoms. The van der Waals surface area contributed by atoms with Crippen LogP contribution in [0.25, 0.3) is 6.08 Å². The first-order valence-electron chi connectivity index (χ1n) is 11.3. The number of para-hydroxylation sites is 1. The van der Waals surface area contributed by atoms with Crippen LogP contribution >= 0.6 is 34.8 Å². The summed E-state index contributed by atoms with van der Waals surface area (Å²) in [5.41, 5.74) is 1.61. The molecule has 1 saturated heterocycles. The van der Waals surface area contributed by atoms with E-state index in [1.54, 1.807) is 12.1 Å². The van der Waals surface area contributed by atoms with Crippen molar-refractivity contribution in [3.8, 4) is 11.5 Å². The second-order valence-corrected chi connectivity index (χ2v) is 9.46. The van der Waals surface area contributed by atoms with Crippen molar-refractivity contribution in [1.29, 1.82) is 0 Å². The second-order valence-electron chi connectivity index (χ2n) is 8.24. The molecule has 1 aliphatic heterocycles. The molecule has 5 amide bonds. The number of carbonyl (C=O) groups excluding carboxylic acids is 4. The van der Waals surface area contributed by atoms with E-state index in [0.717, 1.165) is 10.5 Å². The number of carbonyl (C=O) groups is 4. The number of halogens is 3. The molecule has 0 aliphatic carbocycles. The Kier molecular flexibility index (Phi) is 8.44. The van der Waals surface area contributed by atoms with Crippen LogP contribution < -0.4 is 25.0 Å². The number of ether oxygens (including phenoxy) is 2. The number of benzene rings is 3. The molecule has 0 saturated carbocycles. The van der Waals surface area contributed by atoms with E-state index in [9.17, 15) is 19.2 Å². The summed E-state index contributed by atoms with van der Waals surface area (Å²) in [6.45, 7) is 1.51. The first kappa shape index (κ1) is 28.0. The number of methoxy groups -OCH3 is 1. The Morgan fingerprint density at radius 2 is 1.74 bits per heavy atom. The molecule has 1 aliphatic rings. The van der Waals surface area contributed by atoms with Crippen LogP contribution in [0.1, 0.15) is 11.1 Å². The molecule has 3 aromatic carbocycles. The van der Waals surface area contributed by atoms with Gasteiger partial charge in [-0.05, 0) is 60.5 Å². The lowest BCUT2D eigenvalue weighted by Crippen LogP contribution is -2.54. The number of aryl methyl sites for hydroxylation is 1. The lowest BCUT2D eigenvalue weighted by atomic mass is 10.1. The smallest absolute Gasteiger partial charge is 0.335 e. The lowest BCUT2D eigenvalue weighted by Gasteiger charge is -2.26. The summed E-state index contributed by atoms with van der Waals surface area (Å²) in [5, 5.41) is 5.29. The summed E-state index contributed by atoms with van der Waals surface area (Å²) in [6, 6.07) is 13.4. The summed E-state index contributed by atoms with van der Waals surface area (Å²) < 4.78 is 11.0. The third-order valence-electron chi connectivity index (χ3n) is 5.59. The van der Waals surface area contributed by atoms with Gasteiger partial charge in [0.2, 0.25) is 0 Å². The molecule has 12 heteroatoms.